The molecular weight excluding hydrogens is 266 g/mol. The van der Waals surface area contributed by atoms with Gasteiger partial charge in [-0.05, 0) is 49.7 Å². The number of para-hydroxylation sites is 1. The third-order valence-electron chi connectivity index (χ3n) is 4.63. The average molecular weight is 289 g/mol. The lowest BCUT2D eigenvalue weighted by Gasteiger charge is -2.28. The van der Waals surface area contributed by atoms with Gasteiger partial charge in [0.1, 0.15) is 12.4 Å². The molecule has 0 bridgehead atoms. The summed E-state index contributed by atoms with van der Waals surface area (Å²) < 4.78 is 5.67. The van der Waals surface area contributed by atoms with E-state index in [4.69, 9.17) is 4.74 Å². The second-order valence-corrected chi connectivity index (χ2v) is 6.24. The molecule has 2 aliphatic rings. The van der Waals surface area contributed by atoms with Gasteiger partial charge >= 0.3 is 0 Å². The Bertz CT molecular complexity index is 495. The molecule has 0 saturated heterocycles. The Morgan fingerprint density at radius 2 is 2.00 bits per heavy atom. The Labute approximate surface area is 125 Å². The number of ether oxygens (including phenoxy) is 1. The third kappa shape index (κ3) is 3.56. The molecule has 1 aromatic rings. The van der Waals surface area contributed by atoms with E-state index in [-0.39, 0.29) is 17.9 Å². The first-order chi connectivity index (χ1) is 10.2. The van der Waals surface area contributed by atoms with Gasteiger partial charge in [-0.15, -0.1) is 0 Å². The standard InChI is InChI=1S/C17H23NO3/c19-15-7-5-12(6-8-15)10-18-17(20)14-9-13-3-1-2-4-16(13)21-11-14/h1-4,12,14-15,19H,5-11H2,(H,18,20). The number of hydrogen-bond acceptors (Lipinski definition) is 3. The van der Waals surface area contributed by atoms with Crippen LogP contribution in [0.2, 0.25) is 0 Å². The first-order valence-electron chi connectivity index (χ1n) is 7.89. The van der Waals surface area contributed by atoms with E-state index in [9.17, 15) is 9.90 Å². The summed E-state index contributed by atoms with van der Waals surface area (Å²) in [5.74, 6) is 1.42. The van der Waals surface area contributed by atoms with Crippen molar-refractivity contribution in [2.75, 3.05) is 13.2 Å². The van der Waals surface area contributed by atoms with Crippen LogP contribution in [0, 0.1) is 11.8 Å². The smallest absolute Gasteiger partial charge is 0.226 e. The molecule has 1 aliphatic heterocycles. The molecule has 0 radical (unpaired) electrons. The van der Waals surface area contributed by atoms with Crippen molar-refractivity contribution in [3.05, 3.63) is 29.8 Å². The number of carbonyl (C=O) groups is 1. The number of hydrogen-bond donors (Lipinski definition) is 2. The number of carbonyl (C=O) groups excluding carboxylic acids is 1. The molecule has 1 unspecified atom stereocenters. The van der Waals surface area contributed by atoms with Crippen LogP contribution >= 0.6 is 0 Å². The fourth-order valence-electron chi connectivity index (χ4n) is 3.23. The lowest BCUT2D eigenvalue weighted by molar-refractivity contribution is -0.126. The molecule has 1 aromatic carbocycles. The van der Waals surface area contributed by atoms with Gasteiger partial charge in [0.2, 0.25) is 5.91 Å². The Hall–Kier alpha value is -1.55. The summed E-state index contributed by atoms with van der Waals surface area (Å²) >= 11 is 0. The molecule has 1 heterocycles. The van der Waals surface area contributed by atoms with Crippen LogP contribution in [-0.4, -0.2) is 30.3 Å². The van der Waals surface area contributed by atoms with Crippen molar-refractivity contribution >= 4 is 5.91 Å². The highest BCUT2D eigenvalue weighted by molar-refractivity contribution is 5.79. The average Bonchev–Trinajstić information content (AvgIpc) is 2.53. The highest BCUT2D eigenvalue weighted by Gasteiger charge is 2.26. The maximum Gasteiger partial charge on any atom is 0.226 e. The third-order valence-corrected chi connectivity index (χ3v) is 4.63. The zero-order valence-corrected chi connectivity index (χ0v) is 12.3. The van der Waals surface area contributed by atoms with E-state index in [1.165, 1.54) is 0 Å². The predicted octanol–water partition coefficient (Wildman–Crippen LogP) is 1.90. The summed E-state index contributed by atoms with van der Waals surface area (Å²) in [5.41, 5.74) is 1.12. The highest BCUT2D eigenvalue weighted by Crippen LogP contribution is 2.27. The highest BCUT2D eigenvalue weighted by atomic mass is 16.5. The second-order valence-electron chi connectivity index (χ2n) is 6.24. The minimum atomic E-state index is -0.139. The largest absolute Gasteiger partial charge is 0.492 e. The molecule has 1 aliphatic carbocycles. The van der Waals surface area contributed by atoms with Gasteiger partial charge in [0.15, 0.2) is 0 Å². The number of rotatable bonds is 3. The van der Waals surface area contributed by atoms with Crippen molar-refractivity contribution < 1.29 is 14.6 Å². The van der Waals surface area contributed by atoms with Gasteiger partial charge in [-0.25, -0.2) is 0 Å². The van der Waals surface area contributed by atoms with Crippen molar-refractivity contribution in [3.63, 3.8) is 0 Å². The summed E-state index contributed by atoms with van der Waals surface area (Å²) in [6.07, 6.45) is 4.35. The number of amides is 1. The van der Waals surface area contributed by atoms with Crippen LogP contribution in [0.4, 0.5) is 0 Å². The van der Waals surface area contributed by atoms with E-state index in [2.05, 4.69) is 5.32 Å². The Morgan fingerprint density at radius 3 is 2.81 bits per heavy atom. The van der Waals surface area contributed by atoms with Gasteiger partial charge in [-0.2, -0.15) is 0 Å². The normalized spacial score (nSPS) is 28.3. The predicted molar refractivity (Wildman–Crippen MR) is 80.1 cm³/mol. The van der Waals surface area contributed by atoms with E-state index >= 15 is 0 Å². The van der Waals surface area contributed by atoms with Gasteiger partial charge in [0, 0.05) is 6.54 Å². The molecule has 21 heavy (non-hydrogen) atoms. The molecule has 4 heteroatoms. The molecule has 1 amide bonds. The van der Waals surface area contributed by atoms with Gasteiger partial charge in [-0.3, -0.25) is 4.79 Å². The number of aliphatic hydroxyl groups is 1. The van der Waals surface area contributed by atoms with Gasteiger partial charge < -0.3 is 15.2 Å². The van der Waals surface area contributed by atoms with Crippen molar-refractivity contribution in [2.45, 2.75) is 38.2 Å². The molecule has 114 valence electrons. The van der Waals surface area contributed by atoms with E-state index in [0.717, 1.165) is 50.0 Å². The molecule has 1 saturated carbocycles. The fraction of sp³-hybridized carbons (Fsp3) is 0.588. The molecule has 2 N–H and O–H groups in total. The van der Waals surface area contributed by atoms with Crippen molar-refractivity contribution in [2.24, 2.45) is 11.8 Å². The van der Waals surface area contributed by atoms with Crippen LogP contribution < -0.4 is 10.1 Å². The second kappa shape index (κ2) is 6.48. The quantitative estimate of drug-likeness (QED) is 0.893. The summed E-state index contributed by atoms with van der Waals surface area (Å²) in [5, 5.41) is 12.6. The summed E-state index contributed by atoms with van der Waals surface area (Å²) in [6.45, 7) is 1.19. The van der Waals surface area contributed by atoms with E-state index in [0.29, 0.717) is 12.5 Å². The Kier molecular flexibility index (Phi) is 4.44. The Morgan fingerprint density at radius 1 is 1.24 bits per heavy atom. The van der Waals surface area contributed by atoms with Gasteiger partial charge in [0.05, 0.1) is 12.0 Å². The van der Waals surface area contributed by atoms with Crippen LogP contribution in [0.3, 0.4) is 0 Å². The first kappa shape index (κ1) is 14.4. The zero-order valence-electron chi connectivity index (χ0n) is 12.3. The topological polar surface area (TPSA) is 58.6 Å². The monoisotopic (exact) mass is 289 g/mol. The van der Waals surface area contributed by atoms with Crippen LogP contribution in [0.5, 0.6) is 5.75 Å². The molecule has 0 aromatic heterocycles. The molecule has 1 fully saturated rings. The summed E-state index contributed by atoms with van der Waals surface area (Å²) in [4.78, 5) is 12.3. The van der Waals surface area contributed by atoms with Crippen LogP contribution in [0.15, 0.2) is 24.3 Å². The van der Waals surface area contributed by atoms with Crippen LogP contribution in [-0.2, 0) is 11.2 Å². The maximum atomic E-state index is 12.3. The van der Waals surface area contributed by atoms with Gasteiger partial charge in [0.25, 0.3) is 0 Å². The SMILES string of the molecule is O=C(NCC1CCC(O)CC1)C1COc2ccccc2C1. The van der Waals surface area contributed by atoms with Crippen molar-refractivity contribution in [3.8, 4) is 5.75 Å². The molecule has 0 spiro atoms. The molecular formula is C17H23NO3. The lowest BCUT2D eigenvalue weighted by Crippen LogP contribution is -2.40. The molecule has 4 nitrogen and oxygen atoms in total. The maximum absolute atomic E-state index is 12.3. The van der Waals surface area contributed by atoms with E-state index in [1.807, 2.05) is 24.3 Å². The van der Waals surface area contributed by atoms with E-state index < -0.39 is 0 Å². The number of fused-ring (bicyclic) bond motifs is 1. The number of aliphatic hydroxyl groups excluding tert-OH is 1. The van der Waals surface area contributed by atoms with Crippen LogP contribution in [0.25, 0.3) is 0 Å². The van der Waals surface area contributed by atoms with Gasteiger partial charge in [-0.1, -0.05) is 18.2 Å². The van der Waals surface area contributed by atoms with Crippen molar-refractivity contribution in [1.29, 1.82) is 0 Å². The summed E-state index contributed by atoms with van der Waals surface area (Å²) in [7, 11) is 0. The summed E-state index contributed by atoms with van der Waals surface area (Å²) in [6, 6.07) is 7.92. The minimum absolute atomic E-state index is 0.0888. The minimum Gasteiger partial charge on any atom is -0.492 e. The number of nitrogens with one attached hydrogen (secondary N) is 1. The van der Waals surface area contributed by atoms with E-state index in [1.54, 1.807) is 0 Å². The number of benzene rings is 1. The first-order valence-corrected chi connectivity index (χ1v) is 7.89. The van der Waals surface area contributed by atoms with Crippen molar-refractivity contribution in [1.82, 2.24) is 5.32 Å². The lowest BCUT2D eigenvalue weighted by atomic mass is 9.87. The fourth-order valence-corrected chi connectivity index (χ4v) is 3.23. The molecule has 1 atom stereocenters. The van der Waals surface area contributed by atoms with Crippen LogP contribution in [0.1, 0.15) is 31.2 Å². The zero-order chi connectivity index (χ0) is 14.7. The molecule has 3 rings (SSSR count). The Balaban J connectivity index is 1.48.